The van der Waals surface area contributed by atoms with E-state index < -0.39 is 0 Å². The first-order valence-corrected chi connectivity index (χ1v) is 11.9. The van der Waals surface area contributed by atoms with Gasteiger partial charge in [0.2, 0.25) is 0 Å². The van der Waals surface area contributed by atoms with E-state index in [9.17, 15) is 0 Å². The molecule has 0 fully saturated rings. The number of para-hydroxylation sites is 4. The third-order valence-corrected chi connectivity index (χ3v) is 7.11. The smallest absolute Gasteiger partial charge is 0.0782 e. The summed E-state index contributed by atoms with van der Waals surface area (Å²) < 4.78 is 5.90. The van der Waals surface area contributed by atoms with E-state index in [1.54, 1.807) is 0 Å². The Bertz CT molecular complexity index is 1770. The van der Waals surface area contributed by atoms with Crippen molar-refractivity contribution >= 4 is 59.5 Å². The monoisotopic (exact) mass is 486 g/mol. The minimum atomic E-state index is 1.08. The zero-order chi connectivity index (χ0) is 21.9. The molecule has 0 bridgehead atoms. The van der Waals surface area contributed by atoms with E-state index in [0.717, 1.165) is 10.2 Å². The third kappa shape index (κ3) is 2.66. The first kappa shape index (κ1) is 18.7. The molecule has 0 radical (unpaired) electrons. The molecule has 156 valence electrons. The Balaban J connectivity index is 1.71. The fraction of sp³-hybridized carbons (Fsp3) is 0. The highest BCUT2D eigenvalue weighted by atomic mass is 79.9. The molecule has 0 saturated carbocycles. The van der Waals surface area contributed by atoms with Crippen LogP contribution >= 0.6 is 15.9 Å². The van der Waals surface area contributed by atoms with Gasteiger partial charge in [-0.15, -0.1) is 0 Å². The Labute approximate surface area is 199 Å². The molecule has 33 heavy (non-hydrogen) atoms. The normalized spacial score (nSPS) is 11.8. The van der Waals surface area contributed by atoms with Crippen molar-refractivity contribution in [1.29, 1.82) is 0 Å². The van der Waals surface area contributed by atoms with Crippen LogP contribution in [0.1, 0.15) is 0 Å². The summed E-state index contributed by atoms with van der Waals surface area (Å²) in [6, 6.07) is 41.3. The van der Waals surface area contributed by atoms with Crippen LogP contribution in [0, 0.1) is 0 Å². The second kappa shape index (κ2) is 7.09. The second-order valence-corrected chi connectivity index (χ2v) is 9.29. The van der Waals surface area contributed by atoms with Crippen LogP contribution in [-0.2, 0) is 0 Å². The second-order valence-electron chi connectivity index (χ2n) is 8.37. The summed E-state index contributed by atoms with van der Waals surface area (Å²) in [5.74, 6) is 0. The Morgan fingerprint density at radius 2 is 0.909 bits per heavy atom. The number of hydrogen-bond acceptors (Lipinski definition) is 0. The highest BCUT2D eigenvalue weighted by Crippen LogP contribution is 2.39. The first-order valence-electron chi connectivity index (χ1n) is 11.1. The maximum Gasteiger partial charge on any atom is 0.0782 e. The Morgan fingerprint density at radius 1 is 0.424 bits per heavy atom. The van der Waals surface area contributed by atoms with E-state index in [-0.39, 0.29) is 0 Å². The van der Waals surface area contributed by atoms with E-state index in [2.05, 4.69) is 140 Å². The lowest BCUT2D eigenvalue weighted by Crippen LogP contribution is -2.00. The summed E-state index contributed by atoms with van der Waals surface area (Å²) in [5.41, 5.74) is 7.20. The summed E-state index contributed by atoms with van der Waals surface area (Å²) in [5, 5.41) is 5.07. The van der Waals surface area contributed by atoms with Gasteiger partial charge in [-0.25, -0.2) is 0 Å². The lowest BCUT2D eigenvalue weighted by Gasteiger charge is -2.14. The number of hydrogen-bond donors (Lipinski definition) is 0. The van der Waals surface area contributed by atoms with Crippen molar-refractivity contribution in [2.24, 2.45) is 0 Å². The van der Waals surface area contributed by atoms with Gasteiger partial charge in [-0.05, 0) is 48.5 Å². The minimum Gasteiger partial charge on any atom is -0.307 e. The van der Waals surface area contributed by atoms with Crippen molar-refractivity contribution in [3.63, 3.8) is 0 Å². The van der Waals surface area contributed by atoms with Gasteiger partial charge in [0.05, 0.1) is 27.8 Å². The van der Waals surface area contributed by atoms with E-state index in [4.69, 9.17) is 0 Å². The fourth-order valence-electron chi connectivity index (χ4n) is 5.22. The molecule has 0 aliphatic carbocycles. The van der Waals surface area contributed by atoms with Crippen LogP contribution < -0.4 is 0 Å². The molecule has 0 spiro atoms. The number of fused-ring (bicyclic) bond motifs is 6. The molecule has 0 N–H and O–H groups in total. The van der Waals surface area contributed by atoms with Gasteiger partial charge in [0.25, 0.3) is 0 Å². The molecule has 7 aromatic rings. The molecule has 0 amide bonds. The van der Waals surface area contributed by atoms with Gasteiger partial charge < -0.3 is 9.13 Å². The van der Waals surface area contributed by atoms with E-state index in [1.807, 2.05) is 0 Å². The van der Waals surface area contributed by atoms with Crippen LogP contribution in [0.4, 0.5) is 0 Å². The lowest BCUT2D eigenvalue weighted by molar-refractivity contribution is 1.13. The van der Waals surface area contributed by atoms with Gasteiger partial charge in [0, 0.05) is 31.7 Å². The zero-order valence-corrected chi connectivity index (χ0v) is 19.3. The summed E-state index contributed by atoms with van der Waals surface area (Å²) in [6.07, 6.45) is 0. The van der Waals surface area contributed by atoms with Crippen molar-refractivity contribution in [2.45, 2.75) is 0 Å². The van der Waals surface area contributed by atoms with Crippen molar-refractivity contribution < 1.29 is 0 Å². The predicted octanol–water partition coefficient (Wildman–Crippen LogP) is 8.64. The quantitative estimate of drug-likeness (QED) is 0.231. The average Bonchev–Trinajstić information content (AvgIpc) is 3.38. The van der Waals surface area contributed by atoms with E-state index >= 15 is 0 Å². The van der Waals surface area contributed by atoms with Crippen LogP contribution in [0.15, 0.2) is 120 Å². The summed E-state index contributed by atoms with van der Waals surface area (Å²) >= 11 is 3.60. The third-order valence-electron chi connectivity index (χ3n) is 6.58. The zero-order valence-electron chi connectivity index (χ0n) is 17.7. The maximum atomic E-state index is 3.60. The topological polar surface area (TPSA) is 9.86 Å². The SMILES string of the molecule is Brc1ccc(-n2c3ccccc3c3cccc(-n4c5ccccc5c5ccccc54)c32)cc1. The van der Waals surface area contributed by atoms with Crippen molar-refractivity contribution in [1.82, 2.24) is 9.13 Å². The molecule has 2 heterocycles. The minimum absolute atomic E-state index is 1.08. The maximum absolute atomic E-state index is 3.60. The van der Waals surface area contributed by atoms with Crippen LogP contribution in [-0.4, -0.2) is 9.13 Å². The Morgan fingerprint density at radius 3 is 1.52 bits per heavy atom. The van der Waals surface area contributed by atoms with E-state index in [0.29, 0.717) is 0 Å². The number of nitrogens with zero attached hydrogens (tertiary/aromatic N) is 2. The van der Waals surface area contributed by atoms with Gasteiger partial charge in [-0.1, -0.05) is 82.7 Å². The number of aromatic nitrogens is 2. The number of halogens is 1. The molecule has 0 unspecified atom stereocenters. The molecule has 5 aromatic carbocycles. The molecule has 0 saturated heterocycles. The first-order chi connectivity index (χ1) is 16.3. The van der Waals surface area contributed by atoms with Crippen LogP contribution in [0.25, 0.3) is 55.0 Å². The van der Waals surface area contributed by atoms with Gasteiger partial charge in [0.15, 0.2) is 0 Å². The standard InChI is InChI=1S/C30H19BrN2/c31-20-16-18-21(19-17-20)32-26-12-4-3-10-24(26)25-11-7-15-29(30(25)32)33-27-13-5-1-8-22(27)23-9-2-6-14-28(23)33/h1-19H. The molecule has 7 rings (SSSR count). The van der Waals surface area contributed by atoms with Crippen molar-refractivity contribution in [2.75, 3.05) is 0 Å². The molecule has 2 aromatic heterocycles. The predicted molar refractivity (Wildman–Crippen MR) is 143 cm³/mol. The van der Waals surface area contributed by atoms with Crippen LogP contribution in [0.2, 0.25) is 0 Å². The fourth-order valence-corrected chi connectivity index (χ4v) is 5.49. The largest absolute Gasteiger partial charge is 0.307 e. The van der Waals surface area contributed by atoms with Crippen LogP contribution in [0.3, 0.4) is 0 Å². The number of rotatable bonds is 2. The van der Waals surface area contributed by atoms with Gasteiger partial charge in [-0.3, -0.25) is 0 Å². The van der Waals surface area contributed by atoms with Crippen LogP contribution in [0.5, 0.6) is 0 Å². The molecular weight excluding hydrogens is 468 g/mol. The number of benzene rings is 5. The Kier molecular flexibility index (Phi) is 4.02. The van der Waals surface area contributed by atoms with Gasteiger partial charge in [0.1, 0.15) is 0 Å². The average molecular weight is 487 g/mol. The lowest BCUT2D eigenvalue weighted by atomic mass is 10.1. The van der Waals surface area contributed by atoms with Crippen molar-refractivity contribution in [3.8, 4) is 11.4 Å². The molecule has 0 atom stereocenters. The summed E-state index contributed by atoms with van der Waals surface area (Å²) in [4.78, 5) is 0. The summed E-state index contributed by atoms with van der Waals surface area (Å²) in [7, 11) is 0. The Hall–Kier alpha value is -3.82. The van der Waals surface area contributed by atoms with E-state index in [1.165, 1.54) is 49.3 Å². The molecule has 0 aliphatic rings. The summed E-state index contributed by atoms with van der Waals surface area (Å²) in [6.45, 7) is 0. The molecule has 2 nitrogen and oxygen atoms in total. The molecular formula is C30H19BrN2. The van der Waals surface area contributed by atoms with Gasteiger partial charge in [-0.2, -0.15) is 0 Å². The van der Waals surface area contributed by atoms with Gasteiger partial charge >= 0.3 is 0 Å². The molecule has 3 heteroatoms. The highest BCUT2D eigenvalue weighted by molar-refractivity contribution is 9.10. The molecule has 0 aliphatic heterocycles. The van der Waals surface area contributed by atoms with Crippen molar-refractivity contribution in [3.05, 3.63) is 120 Å². The highest BCUT2D eigenvalue weighted by Gasteiger charge is 2.19.